The first kappa shape index (κ1) is 9.03. The lowest BCUT2D eigenvalue weighted by atomic mass is 10.1. The molecule has 1 aliphatic rings. The molecule has 1 unspecified atom stereocenters. The van der Waals surface area contributed by atoms with Gasteiger partial charge in [-0.3, -0.25) is 0 Å². The summed E-state index contributed by atoms with van der Waals surface area (Å²) in [5.74, 6) is 4.45. The third-order valence-corrected chi connectivity index (χ3v) is 3.86. The van der Waals surface area contributed by atoms with Crippen molar-refractivity contribution >= 4 is 23.2 Å². The fourth-order valence-corrected chi connectivity index (χ4v) is 3.07. The molecular weight excluding hydrogens is 208 g/mol. The second-order valence-corrected chi connectivity index (χ2v) is 4.90. The van der Waals surface area contributed by atoms with Gasteiger partial charge >= 0.3 is 0 Å². The number of hydrogen-bond donors (Lipinski definition) is 1. The van der Waals surface area contributed by atoms with Gasteiger partial charge < -0.3 is 5.73 Å². The van der Waals surface area contributed by atoms with E-state index in [1.807, 2.05) is 30.0 Å². The van der Waals surface area contributed by atoms with Crippen molar-refractivity contribution in [2.75, 3.05) is 17.2 Å². The lowest BCUT2D eigenvalue weighted by molar-refractivity contribution is 0.714. The van der Waals surface area contributed by atoms with Crippen LogP contribution in [0.5, 0.6) is 0 Å². The Morgan fingerprint density at radius 1 is 1.47 bits per heavy atom. The van der Waals surface area contributed by atoms with Gasteiger partial charge in [0.1, 0.15) is 5.82 Å². The summed E-state index contributed by atoms with van der Waals surface area (Å²) in [4.78, 5) is 4.51. The number of nitrogens with two attached hydrogens (primary N) is 1. The van der Waals surface area contributed by atoms with Gasteiger partial charge in [0.15, 0.2) is 11.5 Å². The summed E-state index contributed by atoms with van der Waals surface area (Å²) >= 11 is 1.97. The standard InChI is InChI=1S/C10H12N4S/c11-8-2-1-3-9-12-10(13-14(8)9)7-4-5-15-6-7/h1-3,7H,4-6,11H2. The first-order valence-corrected chi connectivity index (χ1v) is 6.19. The molecule has 3 rings (SSSR count). The van der Waals surface area contributed by atoms with Crippen LogP contribution < -0.4 is 5.73 Å². The first-order valence-electron chi connectivity index (χ1n) is 5.03. The lowest BCUT2D eigenvalue weighted by Crippen LogP contribution is -2.01. The van der Waals surface area contributed by atoms with Crippen LogP contribution in [0.1, 0.15) is 18.2 Å². The Labute approximate surface area is 91.9 Å². The van der Waals surface area contributed by atoms with E-state index in [4.69, 9.17) is 5.73 Å². The third kappa shape index (κ3) is 1.47. The molecule has 0 spiro atoms. The smallest absolute Gasteiger partial charge is 0.157 e. The lowest BCUT2D eigenvalue weighted by Gasteiger charge is -1.99. The van der Waals surface area contributed by atoms with E-state index in [2.05, 4.69) is 10.1 Å². The van der Waals surface area contributed by atoms with Crippen LogP contribution in [0.2, 0.25) is 0 Å². The maximum Gasteiger partial charge on any atom is 0.157 e. The largest absolute Gasteiger partial charge is 0.384 e. The van der Waals surface area contributed by atoms with Crippen LogP contribution in [0.3, 0.4) is 0 Å². The summed E-state index contributed by atoms with van der Waals surface area (Å²) in [5, 5.41) is 4.46. The Balaban J connectivity index is 2.09. The zero-order chi connectivity index (χ0) is 10.3. The summed E-state index contributed by atoms with van der Waals surface area (Å²) in [6.45, 7) is 0. The Bertz CT molecular complexity index is 487. The highest BCUT2D eigenvalue weighted by Crippen LogP contribution is 2.30. The molecule has 3 heterocycles. The summed E-state index contributed by atoms with van der Waals surface area (Å²) < 4.78 is 1.72. The zero-order valence-electron chi connectivity index (χ0n) is 8.26. The van der Waals surface area contributed by atoms with E-state index in [1.165, 1.54) is 12.2 Å². The Morgan fingerprint density at radius 2 is 2.40 bits per heavy atom. The van der Waals surface area contributed by atoms with Gasteiger partial charge in [0.05, 0.1) is 0 Å². The van der Waals surface area contributed by atoms with Gasteiger partial charge in [0, 0.05) is 11.7 Å². The van der Waals surface area contributed by atoms with Crippen molar-refractivity contribution in [3.05, 3.63) is 24.0 Å². The molecule has 1 saturated heterocycles. The van der Waals surface area contributed by atoms with Gasteiger partial charge in [-0.1, -0.05) is 6.07 Å². The highest BCUT2D eigenvalue weighted by molar-refractivity contribution is 7.99. The van der Waals surface area contributed by atoms with E-state index in [9.17, 15) is 0 Å². The number of hydrogen-bond acceptors (Lipinski definition) is 4. The van der Waals surface area contributed by atoms with E-state index in [0.717, 1.165) is 17.2 Å². The molecule has 0 radical (unpaired) electrons. The number of fused-ring (bicyclic) bond motifs is 1. The number of nitrogen functional groups attached to an aromatic ring is 1. The monoisotopic (exact) mass is 220 g/mol. The van der Waals surface area contributed by atoms with Crippen molar-refractivity contribution in [2.24, 2.45) is 0 Å². The number of aromatic nitrogens is 3. The molecule has 2 aromatic rings. The van der Waals surface area contributed by atoms with Gasteiger partial charge in [0.2, 0.25) is 0 Å². The van der Waals surface area contributed by atoms with Gasteiger partial charge in [-0.05, 0) is 24.3 Å². The van der Waals surface area contributed by atoms with E-state index in [-0.39, 0.29) is 0 Å². The minimum atomic E-state index is 0.509. The molecule has 0 bridgehead atoms. The van der Waals surface area contributed by atoms with Crippen molar-refractivity contribution in [2.45, 2.75) is 12.3 Å². The Hall–Kier alpha value is -1.23. The SMILES string of the molecule is Nc1cccc2nc(C3CCSC3)nn12. The molecule has 15 heavy (non-hydrogen) atoms. The van der Waals surface area contributed by atoms with E-state index >= 15 is 0 Å². The maximum atomic E-state index is 5.82. The number of thioether (sulfide) groups is 1. The van der Waals surface area contributed by atoms with E-state index in [0.29, 0.717) is 11.7 Å². The Kier molecular flexibility index (Phi) is 2.05. The molecule has 1 aliphatic heterocycles. The highest BCUT2D eigenvalue weighted by Gasteiger charge is 2.21. The number of pyridine rings is 1. The predicted octanol–water partition coefficient (Wildman–Crippen LogP) is 1.53. The van der Waals surface area contributed by atoms with Crippen molar-refractivity contribution < 1.29 is 0 Å². The number of anilines is 1. The van der Waals surface area contributed by atoms with Gasteiger partial charge in [-0.2, -0.15) is 16.3 Å². The van der Waals surface area contributed by atoms with Crippen LogP contribution in [-0.2, 0) is 0 Å². The number of nitrogens with zero attached hydrogens (tertiary/aromatic N) is 3. The molecule has 0 aromatic carbocycles. The van der Waals surface area contributed by atoms with Gasteiger partial charge in [-0.15, -0.1) is 5.10 Å². The molecule has 4 nitrogen and oxygen atoms in total. The average Bonchev–Trinajstić information content (AvgIpc) is 2.86. The minimum absolute atomic E-state index is 0.509. The van der Waals surface area contributed by atoms with Crippen LogP contribution in [0.4, 0.5) is 5.82 Å². The molecule has 2 aromatic heterocycles. The maximum absolute atomic E-state index is 5.82. The molecule has 0 saturated carbocycles. The zero-order valence-corrected chi connectivity index (χ0v) is 9.07. The number of rotatable bonds is 1. The summed E-state index contributed by atoms with van der Waals surface area (Å²) in [6, 6.07) is 5.69. The van der Waals surface area contributed by atoms with E-state index < -0.39 is 0 Å². The van der Waals surface area contributed by atoms with Crippen molar-refractivity contribution in [3.63, 3.8) is 0 Å². The van der Waals surface area contributed by atoms with Crippen LogP contribution in [0.25, 0.3) is 5.65 Å². The topological polar surface area (TPSA) is 56.2 Å². The molecule has 1 atom stereocenters. The third-order valence-electron chi connectivity index (χ3n) is 2.70. The summed E-state index contributed by atoms with van der Waals surface area (Å²) in [6.07, 6.45) is 1.18. The van der Waals surface area contributed by atoms with Crippen LogP contribution >= 0.6 is 11.8 Å². The molecule has 78 valence electrons. The Morgan fingerprint density at radius 3 is 3.13 bits per heavy atom. The average molecular weight is 220 g/mol. The summed E-state index contributed by atoms with van der Waals surface area (Å²) in [7, 11) is 0. The van der Waals surface area contributed by atoms with Crippen molar-refractivity contribution in [3.8, 4) is 0 Å². The fraction of sp³-hybridized carbons (Fsp3) is 0.400. The van der Waals surface area contributed by atoms with Gasteiger partial charge in [-0.25, -0.2) is 4.98 Å². The molecule has 0 aliphatic carbocycles. The van der Waals surface area contributed by atoms with Gasteiger partial charge in [0.25, 0.3) is 0 Å². The predicted molar refractivity (Wildman–Crippen MR) is 62.1 cm³/mol. The summed E-state index contributed by atoms with van der Waals surface area (Å²) in [5.41, 5.74) is 6.67. The van der Waals surface area contributed by atoms with Crippen LogP contribution in [0.15, 0.2) is 18.2 Å². The second kappa shape index (κ2) is 3.41. The minimum Gasteiger partial charge on any atom is -0.384 e. The first-order chi connectivity index (χ1) is 7.34. The highest BCUT2D eigenvalue weighted by atomic mass is 32.2. The molecule has 1 fully saturated rings. The molecule has 2 N–H and O–H groups in total. The fourth-order valence-electron chi connectivity index (χ4n) is 1.85. The molecule has 0 amide bonds. The van der Waals surface area contributed by atoms with Crippen LogP contribution in [-0.4, -0.2) is 26.1 Å². The normalized spacial score (nSPS) is 21.2. The molecular formula is C10H12N4S. The molecule has 5 heteroatoms. The quantitative estimate of drug-likeness (QED) is 0.792. The second-order valence-electron chi connectivity index (χ2n) is 3.75. The van der Waals surface area contributed by atoms with Crippen molar-refractivity contribution in [1.82, 2.24) is 14.6 Å². The van der Waals surface area contributed by atoms with Crippen molar-refractivity contribution in [1.29, 1.82) is 0 Å². The van der Waals surface area contributed by atoms with Crippen LogP contribution in [0, 0.1) is 0 Å². The van der Waals surface area contributed by atoms with E-state index in [1.54, 1.807) is 4.52 Å².